The van der Waals surface area contributed by atoms with Gasteiger partial charge in [-0.1, -0.05) is 6.92 Å². The number of nitrogens with zero attached hydrogens (tertiary/aromatic N) is 1. The van der Waals surface area contributed by atoms with Gasteiger partial charge in [0.2, 0.25) is 0 Å². The molecule has 2 fully saturated rings. The molecule has 7 nitrogen and oxygen atoms in total. The monoisotopic (exact) mass is 304 g/mol. The van der Waals surface area contributed by atoms with Crippen LogP contribution >= 0.6 is 0 Å². The summed E-state index contributed by atoms with van der Waals surface area (Å²) >= 11 is 0. The number of urea groups is 1. The third-order valence-corrected chi connectivity index (χ3v) is 5.83. The molecule has 2 rings (SSSR count). The second-order valence-electron chi connectivity index (χ2n) is 5.73. The molecule has 2 aliphatic rings. The van der Waals surface area contributed by atoms with Crippen LogP contribution in [0.1, 0.15) is 19.8 Å². The molecule has 2 heterocycles. The summed E-state index contributed by atoms with van der Waals surface area (Å²) in [6.45, 7) is 2.38. The van der Waals surface area contributed by atoms with Gasteiger partial charge in [-0.25, -0.2) is 13.2 Å². The highest BCUT2D eigenvalue weighted by molar-refractivity contribution is 7.91. The molecule has 2 aliphatic heterocycles. The van der Waals surface area contributed by atoms with Gasteiger partial charge >= 0.3 is 12.0 Å². The Kier molecular flexibility index (Phi) is 4.22. The molecule has 0 spiro atoms. The van der Waals surface area contributed by atoms with Gasteiger partial charge in [-0.3, -0.25) is 4.79 Å². The topological polar surface area (TPSA) is 104 Å². The van der Waals surface area contributed by atoms with Crippen molar-refractivity contribution in [1.82, 2.24) is 10.2 Å². The molecule has 0 aromatic rings. The molecule has 114 valence electrons. The SMILES string of the molecule is CC1CN(C(=O)NC2CCCS(=O)(=O)C2)CC1C(=O)O. The highest BCUT2D eigenvalue weighted by atomic mass is 32.2. The number of likely N-dealkylation sites (tertiary alicyclic amines) is 1. The number of hydrogen-bond donors (Lipinski definition) is 2. The van der Waals surface area contributed by atoms with Crippen molar-refractivity contribution in [3.8, 4) is 0 Å². The first-order valence-corrected chi connectivity index (χ1v) is 8.59. The summed E-state index contributed by atoms with van der Waals surface area (Å²) in [5, 5.41) is 11.7. The Morgan fingerprint density at radius 1 is 1.30 bits per heavy atom. The Morgan fingerprint density at radius 3 is 2.55 bits per heavy atom. The van der Waals surface area contributed by atoms with Gasteiger partial charge in [-0.15, -0.1) is 0 Å². The Balaban J connectivity index is 1.91. The van der Waals surface area contributed by atoms with Crippen LogP contribution in [0.2, 0.25) is 0 Å². The Bertz CT molecular complexity index is 504. The van der Waals surface area contributed by atoms with E-state index in [1.807, 2.05) is 0 Å². The second-order valence-corrected chi connectivity index (χ2v) is 7.96. The van der Waals surface area contributed by atoms with Crippen LogP contribution in [-0.4, -0.2) is 61.1 Å². The number of amides is 2. The van der Waals surface area contributed by atoms with Crippen LogP contribution in [0.25, 0.3) is 0 Å². The highest BCUT2D eigenvalue weighted by Crippen LogP contribution is 2.23. The molecule has 0 aromatic carbocycles. The Hall–Kier alpha value is -1.31. The maximum absolute atomic E-state index is 12.1. The van der Waals surface area contributed by atoms with Gasteiger partial charge in [0.15, 0.2) is 9.84 Å². The quantitative estimate of drug-likeness (QED) is 0.743. The number of aliphatic carboxylic acids is 1. The van der Waals surface area contributed by atoms with Gasteiger partial charge in [0.1, 0.15) is 0 Å². The van der Waals surface area contributed by atoms with Crippen molar-refractivity contribution >= 4 is 21.8 Å². The third-order valence-electron chi connectivity index (χ3n) is 4.01. The highest BCUT2D eigenvalue weighted by Gasteiger charge is 2.37. The molecular weight excluding hydrogens is 284 g/mol. The van der Waals surface area contributed by atoms with Gasteiger partial charge in [-0.2, -0.15) is 0 Å². The molecule has 0 aromatic heterocycles. The largest absolute Gasteiger partial charge is 0.481 e. The molecule has 3 unspecified atom stereocenters. The summed E-state index contributed by atoms with van der Waals surface area (Å²) in [4.78, 5) is 24.5. The van der Waals surface area contributed by atoms with E-state index in [0.717, 1.165) is 0 Å². The van der Waals surface area contributed by atoms with Crippen LogP contribution in [-0.2, 0) is 14.6 Å². The lowest BCUT2D eigenvalue weighted by atomic mass is 9.99. The molecule has 0 bridgehead atoms. The fourth-order valence-electron chi connectivity index (χ4n) is 2.86. The second kappa shape index (κ2) is 5.59. The molecule has 2 saturated heterocycles. The number of carboxylic acids is 1. The van der Waals surface area contributed by atoms with E-state index in [2.05, 4.69) is 5.32 Å². The lowest BCUT2D eigenvalue weighted by Gasteiger charge is -2.26. The van der Waals surface area contributed by atoms with Crippen molar-refractivity contribution < 1.29 is 23.1 Å². The smallest absolute Gasteiger partial charge is 0.317 e. The van der Waals surface area contributed by atoms with Gasteiger partial charge in [-0.05, 0) is 18.8 Å². The number of carbonyl (C=O) groups excluding carboxylic acids is 1. The lowest BCUT2D eigenvalue weighted by molar-refractivity contribution is -0.142. The van der Waals surface area contributed by atoms with E-state index in [1.165, 1.54) is 4.90 Å². The predicted octanol–water partition coefficient (Wildman–Crippen LogP) is -0.0743. The van der Waals surface area contributed by atoms with Crippen molar-refractivity contribution in [3.05, 3.63) is 0 Å². The van der Waals surface area contributed by atoms with Gasteiger partial charge in [0, 0.05) is 19.1 Å². The van der Waals surface area contributed by atoms with E-state index in [4.69, 9.17) is 5.11 Å². The maximum Gasteiger partial charge on any atom is 0.317 e. The average molecular weight is 304 g/mol. The van der Waals surface area contributed by atoms with Crippen LogP contribution in [0.5, 0.6) is 0 Å². The Labute approximate surface area is 118 Å². The van der Waals surface area contributed by atoms with Gasteiger partial charge < -0.3 is 15.3 Å². The zero-order valence-corrected chi connectivity index (χ0v) is 12.2. The molecule has 8 heteroatoms. The summed E-state index contributed by atoms with van der Waals surface area (Å²) in [6, 6.07) is -0.719. The summed E-state index contributed by atoms with van der Waals surface area (Å²) in [5.41, 5.74) is 0. The fraction of sp³-hybridized carbons (Fsp3) is 0.833. The van der Waals surface area contributed by atoms with Crippen molar-refractivity contribution in [2.45, 2.75) is 25.8 Å². The van der Waals surface area contributed by atoms with E-state index >= 15 is 0 Å². The van der Waals surface area contributed by atoms with Crippen LogP contribution in [0.4, 0.5) is 4.79 Å². The minimum atomic E-state index is -3.06. The molecule has 2 N–H and O–H groups in total. The first-order valence-electron chi connectivity index (χ1n) is 6.77. The normalized spacial score (nSPS) is 32.9. The summed E-state index contributed by atoms with van der Waals surface area (Å²) < 4.78 is 23.0. The molecule has 0 radical (unpaired) electrons. The minimum absolute atomic E-state index is 0.0233. The van der Waals surface area contributed by atoms with Crippen molar-refractivity contribution in [3.63, 3.8) is 0 Å². The number of nitrogens with one attached hydrogen (secondary N) is 1. The average Bonchev–Trinajstić information content (AvgIpc) is 2.70. The number of hydrogen-bond acceptors (Lipinski definition) is 4. The van der Waals surface area contributed by atoms with Gasteiger partial charge in [0.05, 0.1) is 17.4 Å². The lowest BCUT2D eigenvalue weighted by Crippen LogP contribution is -2.48. The van der Waals surface area contributed by atoms with Crippen molar-refractivity contribution in [2.24, 2.45) is 11.8 Å². The first-order chi connectivity index (χ1) is 9.28. The summed E-state index contributed by atoms with van der Waals surface area (Å²) in [5.74, 6) is -1.37. The summed E-state index contributed by atoms with van der Waals surface area (Å²) in [7, 11) is -3.06. The molecular formula is C12H20N2O5S. The molecule has 2 amide bonds. The molecule has 0 aliphatic carbocycles. The molecule has 20 heavy (non-hydrogen) atoms. The fourth-order valence-corrected chi connectivity index (χ4v) is 4.49. The standard InChI is InChI=1S/C12H20N2O5S/c1-8-5-14(6-10(8)11(15)16)12(17)13-9-3-2-4-20(18,19)7-9/h8-10H,2-7H2,1H3,(H,13,17)(H,15,16). The summed E-state index contributed by atoms with van der Waals surface area (Å²) in [6.07, 6.45) is 1.21. The number of carboxylic acid groups (broad SMARTS) is 1. The number of carbonyl (C=O) groups is 2. The zero-order chi connectivity index (χ0) is 14.9. The minimum Gasteiger partial charge on any atom is -0.481 e. The first kappa shape index (κ1) is 15.1. The Morgan fingerprint density at radius 2 is 2.00 bits per heavy atom. The van der Waals surface area contributed by atoms with Crippen LogP contribution in [0.3, 0.4) is 0 Å². The third kappa shape index (κ3) is 3.41. The molecule has 0 saturated carbocycles. The van der Waals surface area contributed by atoms with E-state index in [1.54, 1.807) is 6.92 Å². The van der Waals surface area contributed by atoms with E-state index in [0.29, 0.717) is 19.4 Å². The van der Waals surface area contributed by atoms with Crippen LogP contribution in [0, 0.1) is 11.8 Å². The van der Waals surface area contributed by atoms with Crippen LogP contribution in [0.15, 0.2) is 0 Å². The van der Waals surface area contributed by atoms with Crippen LogP contribution < -0.4 is 5.32 Å². The van der Waals surface area contributed by atoms with Gasteiger partial charge in [0.25, 0.3) is 0 Å². The van der Waals surface area contributed by atoms with E-state index in [9.17, 15) is 18.0 Å². The predicted molar refractivity (Wildman–Crippen MR) is 72.1 cm³/mol. The van der Waals surface area contributed by atoms with Crippen molar-refractivity contribution in [1.29, 1.82) is 0 Å². The molecule has 3 atom stereocenters. The zero-order valence-electron chi connectivity index (χ0n) is 11.4. The number of rotatable bonds is 2. The van der Waals surface area contributed by atoms with Crippen molar-refractivity contribution in [2.75, 3.05) is 24.6 Å². The maximum atomic E-state index is 12.1. The number of sulfone groups is 1. The van der Waals surface area contributed by atoms with E-state index < -0.39 is 21.7 Å². The van der Waals surface area contributed by atoms with E-state index in [-0.39, 0.29) is 36.0 Å².